The Morgan fingerprint density at radius 3 is 2.75 bits per heavy atom. The van der Waals surface area contributed by atoms with E-state index in [0.29, 0.717) is 5.54 Å². The van der Waals surface area contributed by atoms with Crippen molar-refractivity contribution in [3.05, 3.63) is 11.9 Å². The van der Waals surface area contributed by atoms with Gasteiger partial charge < -0.3 is 10.3 Å². The molecule has 2 N–H and O–H groups in total. The predicted octanol–water partition coefficient (Wildman–Crippen LogP) is 2.07. The summed E-state index contributed by atoms with van der Waals surface area (Å²) in [5.74, 6) is 0.912. The van der Waals surface area contributed by atoms with Crippen LogP contribution in [-0.4, -0.2) is 15.5 Å². The molecular formula is C9H15N3. The Bertz CT molecular complexity index is 273. The normalized spacial score (nSPS) is 20.2. The Labute approximate surface area is 72.6 Å². The third-order valence-corrected chi connectivity index (χ3v) is 2.58. The number of aryl methyl sites for hydroxylation is 1. The molecule has 12 heavy (non-hydrogen) atoms. The highest BCUT2D eigenvalue weighted by Gasteiger charge is 2.31. The van der Waals surface area contributed by atoms with Crippen LogP contribution in [0.4, 0.5) is 5.95 Å². The van der Waals surface area contributed by atoms with E-state index < -0.39 is 0 Å². The van der Waals surface area contributed by atoms with Crippen molar-refractivity contribution in [2.45, 2.75) is 38.6 Å². The van der Waals surface area contributed by atoms with Crippen molar-refractivity contribution in [1.82, 2.24) is 9.97 Å². The summed E-state index contributed by atoms with van der Waals surface area (Å²) in [6.07, 6.45) is 5.70. The molecule has 0 amide bonds. The van der Waals surface area contributed by atoms with Crippen molar-refractivity contribution in [3.8, 4) is 0 Å². The van der Waals surface area contributed by atoms with E-state index in [0.717, 1.165) is 11.6 Å². The van der Waals surface area contributed by atoms with Crippen molar-refractivity contribution in [2.75, 3.05) is 5.32 Å². The lowest BCUT2D eigenvalue weighted by Gasteiger charge is -2.39. The van der Waals surface area contributed by atoms with Gasteiger partial charge in [0.2, 0.25) is 5.95 Å². The molecule has 2 rings (SSSR count). The minimum Gasteiger partial charge on any atom is -0.351 e. The minimum absolute atomic E-state index is 0.296. The number of aromatic nitrogens is 2. The lowest BCUT2D eigenvalue weighted by atomic mass is 9.79. The molecule has 0 saturated heterocycles. The number of aromatic amines is 1. The van der Waals surface area contributed by atoms with Crippen LogP contribution < -0.4 is 5.32 Å². The lowest BCUT2D eigenvalue weighted by Crippen LogP contribution is -2.41. The van der Waals surface area contributed by atoms with Crippen molar-refractivity contribution < 1.29 is 0 Å². The summed E-state index contributed by atoms with van der Waals surface area (Å²) in [5.41, 5.74) is 1.41. The number of anilines is 1. The zero-order valence-corrected chi connectivity index (χ0v) is 7.65. The summed E-state index contributed by atoms with van der Waals surface area (Å²) in [4.78, 5) is 7.39. The van der Waals surface area contributed by atoms with Crippen LogP contribution in [0.5, 0.6) is 0 Å². The molecule has 1 fully saturated rings. The van der Waals surface area contributed by atoms with Crippen LogP contribution in [0.2, 0.25) is 0 Å². The van der Waals surface area contributed by atoms with E-state index in [9.17, 15) is 0 Å². The summed E-state index contributed by atoms with van der Waals surface area (Å²) in [7, 11) is 0. The van der Waals surface area contributed by atoms with Crippen molar-refractivity contribution in [2.24, 2.45) is 0 Å². The third-order valence-electron chi connectivity index (χ3n) is 2.58. The third kappa shape index (κ3) is 1.31. The second kappa shape index (κ2) is 2.51. The maximum atomic E-state index is 4.22. The highest BCUT2D eigenvalue weighted by Crippen LogP contribution is 2.33. The maximum Gasteiger partial charge on any atom is 0.200 e. The van der Waals surface area contributed by atoms with Crippen LogP contribution in [0.1, 0.15) is 31.9 Å². The van der Waals surface area contributed by atoms with Gasteiger partial charge in [0.25, 0.3) is 0 Å². The molecule has 1 aromatic heterocycles. The van der Waals surface area contributed by atoms with E-state index in [1.54, 1.807) is 0 Å². The van der Waals surface area contributed by atoms with Gasteiger partial charge in [-0.3, -0.25) is 0 Å². The predicted molar refractivity (Wildman–Crippen MR) is 49.2 cm³/mol. The Kier molecular flexibility index (Phi) is 1.60. The second-order valence-corrected chi connectivity index (χ2v) is 3.95. The van der Waals surface area contributed by atoms with Crippen LogP contribution in [0.3, 0.4) is 0 Å². The van der Waals surface area contributed by atoms with Gasteiger partial charge in [-0.15, -0.1) is 0 Å². The van der Waals surface area contributed by atoms with Gasteiger partial charge in [0.05, 0.1) is 0 Å². The second-order valence-electron chi connectivity index (χ2n) is 3.95. The van der Waals surface area contributed by atoms with Gasteiger partial charge in [0, 0.05) is 17.4 Å². The van der Waals surface area contributed by atoms with E-state index >= 15 is 0 Å². The van der Waals surface area contributed by atoms with Gasteiger partial charge in [-0.2, -0.15) is 0 Å². The molecular weight excluding hydrogens is 150 g/mol. The average molecular weight is 165 g/mol. The number of hydrogen-bond donors (Lipinski definition) is 2. The molecule has 0 bridgehead atoms. The fourth-order valence-corrected chi connectivity index (χ4v) is 1.59. The van der Waals surface area contributed by atoms with Crippen molar-refractivity contribution in [1.29, 1.82) is 0 Å². The van der Waals surface area contributed by atoms with Crippen LogP contribution in [0.15, 0.2) is 6.20 Å². The molecule has 66 valence electrons. The van der Waals surface area contributed by atoms with Gasteiger partial charge in [-0.25, -0.2) is 4.98 Å². The highest BCUT2D eigenvalue weighted by atomic mass is 15.2. The smallest absolute Gasteiger partial charge is 0.200 e. The van der Waals surface area contributed by atoms with Gasteiger partial charge in [-0.05, 0) is 33.1 Å². The fourth-order valence-electron chi connectivity index (χ4n) is 1.59. The first-order valence-corrected chi connectivity index (χ1v) is 4.48. The van der Waals surface area contributed by atoms with Crippen LogP contribution in [0.25, 0.3) is 0 Å². The SMILES string of the molecule is Cc1cnc(NC2(C)CCC2)[nH]1. The van der Waals surface area contributed by atoms with Crippen molar-refractivity contribution in [3.63, 3.8) is 0 Å². The fraction of sp³-hybridized carbons (Fsp3) is 0.667. The lowest BCUT2D eigenvalue weighted by molar-refractivity contribution is 0.305. The number of H-pyrrole nitrogens is 1. The minimum atomic E-state index is 0.296. The monoisotopic (exact) mass is 165 g/mol. The summed E-state index contributed by atoms with van der Waals surface area (Å²) in [6, 6.07) is 0. The maximum absolute atomic E-state index is 4.22. The molecule has 0 atom stereocenters. The zero-order valence-electron chi connectivity index (χ0n) is 7.65. The van der Waals surface area contributed by atoms with E-state index in [2.05, 4.69) is 22.2 Å². The Morgan fingerprint density at radius 1 is 1.58 bits per heavy atom. The van der Waals surface area contributed by atoms with Gasteiger partial charge >= 0.3 is 0 Å². The van der Waals surface area contributed by atoms with Crippen LogP contribution >= 0.6 is 0 Å². The topological polar surface area (TPSA) is 40.7 Å². The molecule has 0 aromatic carbocycles. The Balaban J connectivity index is 2.03. The first-order valence-electron chi connectivity index (χ1n) is 4.48. The van der Waals surface area contributed by atoms with Gasteiger partial charge in [-0.1, -0.05) is 0 Å². The number of rotatable bonds is 2. The largest absolute Gasteiger partial charge is 0.351 e. The highest BCUT2D eigenvalue weighted by molar-refractivity contribution is 5.31. The molecule has 1 heterocycles. The van der Waals surface area contributed by atoms with Gasteiger partial charge in [0.15, 0.2) is 0 Å². The summed E-state index contributed by atoms with van der Waals surface area (Å²) in [5, 5.41) is 3.41. The molecule has 1 aromatic rings. The Morgan fingerprint density at radius 2 is 2.33 bits per heavy atom. The molecule has 1 aliphatic rings. The molecule has 3 nitrogen and oxygen atoms in total. The average Bonchev–Trinajstić information content (AvgIpc) is 2.32. The number of hydrogen-bond acceptors (Lipinski definition) is 2. The quantitative estimate of drug-likeness (QED) is 0.704. The molecule has 0 spiro atoms. The molecule has 0 unspecified atom stereocenters. The molecule has 0 aliphatic heterocycles. The van der Waals surface area contributed by atoms with E-state index in [1.807, 2.05) is 13.1 Å². The Hall–Kier alpha value is -0.990. The van der Waals surface area contributed by atoms with Crippen LogP contribution in [-0.2, 0) is 0 Å². The number of imidazole rings is 1. The summed E-state index contributed by atoms with van der Waals surface area (Å²) >= 11 is 0. The van der Waals surface area contributed by atoms with Crippen molar-refractivity contribution >= 4 is 5.95 Å². The number of nitrogens with zero attached hydrogens (tertiary/aromatic N) is 1. The first kappa shape index (κ1) is 7.65. The zero-order chi connectivity index (χ0) is 8.60. The first-order chi connectivity index (χ1) is 5.68. The van der Waals surface area contributed by atoms with E-state index in [-0.39, 0.29) is 0 Å². The summed E-state index contributed by atoms with van der Waals surface area (Å²) in [6.45, 7) is 4.26. The molecule has 1 saturated carbocycles. The van der Waals surface area contributed by atoms with E-state index in [1.165, 1.54) is 19.3 Å². The molecule has 3 heteroatoms. The van der Waals surface area contributed by atoms with Crippen LogP contribution in [0, 0.1) is 6.92 Å². The van der Waals surface area contributed by atoms with E-state index in [4.69, 9.17) is 0 Å². The van der Waals surface area contributed by atoms with Gasteiger partial charge in [0.1, 0.15) is 0 Å². The molecule has 0 radical (unpaired) electrons. The summed E-state index contributed by atoms with van der Waals surface area (Å²) < 4.78 is 0. The standard InChI is InChI=1S/C9H15N3/c1-7-6-10-8(11-7)12-9(2)4-3-5-9/h6H,3-5H2,1-2H3,(H2,10,11,12). The molecule has 1 aliphatic carbocycles. The number of nitrogens with one attached hydrogen (secondary N) is 2.